The minimum absolute atomic E-state index is 0.196. The number of carbonyl (C=O) groups is 1. The summed E-state index contributed by atoms with van der Waals surface area (Å²) in [6, 6.07) is 10.4. The van der Waals surface area contributed by atoms with E-state index in [0.29, 0.717) is 5.78 Å². The molecule has 0 aliphatic rings. The van der Waals surface area contributed by atoms with E-state index < -0.39 is 0 Å². The van der Waals surface area contributed by atoms with Gasteiger partial charge in [-0.3, -0.25) is 4.79 Å². The molecule has 1 aromatic rings. The van der Waals surface area contributed by atoms with Crippen molar-refractivity contribution in [3.05, 3.63) is 35.9 Å². The minimum Gasteiger partial charge on any atom is -0.299 e. The molecule has 0 N–H and O–H groups in total. The van der Waals surface area contributed by atoms with Crippen LogP contribution in [-0.2, 0) is 11.2 Å². The van der Waals surface area contributed by atoms with Crippen molar-refractivity contribution >= 4 is 5.78 Å². The number of benzene rings is 1. The van der Waals surface area contributed by atoms with Crippen LogP contribution in [0.4, 0.5) is 0 Å². The van der Waals surface area contributed by atoms with E-state index in [9.17, 15) is 4.79 Å². The van der Waals surface area contributed by atoms with Crippen molar-refractivity contribution in [1.82, 2.24) is 0 Å². The lowest BCUT2D eigenvalue weighted by atomic mass is 10.0. The van der Waals surface area contributed by atoms with Crippen molar-refractivity contribution in [1.29, 1.82) is 0 Å². The minimum atomic E-state index is 0.196. The van der Waals surface area contributed by atoms with E-state index in [4.69, 9.17) is 0 Å². The van der Waals surface area contributed by atoms with Crippen LogP contribution in [0.5, 0.6) is 0 Å². The average molecular weight is 204 g/mol. The lowest BCUT2D eigenvalue weighted by Crippen LogP contribution is -2.06. The third kappa shape index (κ3) is 4.78. The molecule has 0 spiro atoms. The normalized spacial score (nSPS) is 10.6. The van der Waals surface area contributed by atoms with E-state index >= 15 is 0 Å². The van der Waals surface area contributed by atoms with Crippen LogP contribution in [0.25, 0.3) is 0 Å². The van der Waals surface area contributed by atoms with Gasteiger partial charge in [0, 0.05) is 12.3 Å². The number of hydrogen-bond donors (Lipinski definition) is 0. The second-order valence-electron chi connectivity index (χ2n) is 4.31. The Kier molecular flexibility index (Phi) is 5.09. The first-order valence-corrected chi connectivity index (χ1v) is 5.77. The lowest BCUT2D eigenvalue weighted by molar-refractivity contribution is -0.122. The first-order chi connectivity index (χ1) is 7.20. The Labute approximate surface area is 92.5 Å². The van der Waals surface area contributed by atoms with Crippen LogP contribution in [0.3, 0.4) is 0 Å². The van der Waals surface area contributed by atoms with E-state index in [1.54, 1.807) is 0 Å². The van der Waals surface area contributed by atoms with Crippen molar-refractivity contribution in [2.75, 3.05) is 0 Å². The van der Waals surface area contributed by atoms with E-state index in [1.807, 2.05) is 19.9 Å². The van der Waals surface area contributed by atoms with E-state index in [0.717, 1.165) is 25.7 Å². The molecular formula is C14H20O. The van der Waals surface area contributed by atoms with Crippen molar-refractivity contribution in [2.45, 2.75) is 39.5 Å². The van der Waals surface area contributed by atoms with Crippen LogP contribution in [-0.4, -0.2) is 5.78 Å². The maximum atomic E-state index is 11.4. The van der Waals surface area contributed by atoms with Gasteiger partial charge in [0.15, 0.2) is 0 Å². The zero-order chi connectivity index (χ0) is 11.1. The predicted molar refractivity (Wildman–Crippen MR) is 63.8 cm³/mol. The molecule has 1 nitrogen and oxygen atoms in total. The van der Waals surface area contributed by atoms with Crippen LogP contribution in [0.2, 0.25) is 0 Å². The van der Waals surface area contributed by atoms with Crippen LogP contribution >= 0.6 is 0 Å². The Morgan fingerprint density at radius 3 is 2.40 bits per heavy atom. The second kappa shape index (κ2) is 6.39. The molecule has 0 fully saturated rings. The molecule has 82 valence electrons. The SMILES string of the molecule is CC(C)C(=O)CCCCc1ccccc1. The smallest absolute Gasteiger partial charge is 0.135 e. The number of aryl methyl sites for hydroxylation is 1. The Balaban J connectivity index is 2.15. The highest BCUT2D eigenvalue weighted by molar-refractivity contribution is 5.80. The fourth-order valence-electron chi connectivity index (χ4n) is 1.56. The number of carbonyl (C=O) groups excluding carboxylic acids is 1. The highest BCUT2D eigenvalue weighted by atomic mass is 16.1. The maximum Gasteiger partial charge on any atom is 0.135 e. The van der Waals surface area contributed by atoms with E-state index in [2.05, 4.69) is 24.3 Å². The summed E-state index contributed by atoms with van der Waals surface area (Å²) in [7, 11) is 0. The molecule has 0 aromatic heterocycles. The molecule has 0 aliphatic carbocycles. The van der Waals surface area contributed by atoms with Crippen molar-refractivity contribution < 1.29 is 4.79 Å². The number of hydrogen-bond acceptors (Lipinski definition) is 1. The van der Waals surface area contributed by atoms with Gasteiger partial charge in [0.2, 0.25) is 0 Å². The van der Waals surface area contributed by atoms with Crippen molar-refractivity contribution in [3.63, 3.8) is 0 Å². The first-order valence-electron chi connectivity index (χ1n) is 5.77. The fourth-order valence-corrected chi connectivity index (χ4v) is 1.56. The number of unbranched alkanes of at least 4 members (excludes halogenated alkanes) is 1. The summed E-state index contributed by atoms with van der Waals surface area (Å²) in [4.78, 5) is 11.4. The van der Waals surface area contributed by atoms with Gasteiger partial charge in [-0.25, -0.2) is 0 Å². The van der Waals surface area contributed by atoms with Gasteiger partial charge < -0.3 is 0 Å². The molecule has 0 radical (unpaired) electrons. The molecule has 1 heteroatoms. The monoisotopic (exact) mass is 204 g/mol. The largest absolute Gasteiger partial charge is 0.299 e. The molecule has 0 aliphatic heterocycles. The van der Waals surface area contributed by atoms with Crippen LogP contribution in [0.1, 0.15) is 38.7 Å². The topological polar surface area (TPSA) is 17.1 Å². The van der Waals surface area contributed by atoms with Gasteiger partial charge in [-0.1, -0.05) is 44.2 Å². The third-order valence-electron chi connectivity index (χ3n) is 2.63. The molecule has 0 heterocycles. The van der Waals surface area contributed by atoms with Crippen molar-refractivity contribution in [2.24, 2.45) is 5.92 Å². The predicted octanol–water partition coefficient (Wildman–Crippen LogP) is 3.62. The molecule has 1 aromatic carbocycles. The summed E-state index contributed by atoms with van der Waals surface area (Å²) in [6.07, 6.45) is 3.96. The third-order valence-corrected chi connectivity index (χ3v) is 2.63. The summed E-state index contributed by atoms with van der Waals surface area (Å²) in [5.74, 6) is 0.588. The molecule has 1 rings (SSSR count). The van der Waals surface area contributed by atoms with Gasteiger partial charge in [0.25, 0.3) is 0 Å². The summed E-state index contributed by atoms with van der Waals surface area (Å²) < 4.78 is 0. The highest BCUT2D eigenvalue weighted by Gasteiger charge is 2.05. The van der Waals surface area contributed by atoms with E-state index in [1.165, 1.54) is 5.56 Å². The molecule has 0 saturated heterocycles. The van der Waals surface area contributed by atoms with Gasteiger partial charge in [-0.05, 0) is 24.8 Å². The molecule has 0 atom stereocenters. The Bertz CT molecular complexity index is 287. The summed E-state index contributed by atoms with van der Waals surface area (Å²) in [5.41, 5.74) is 1.37. The molecule has 0 bridgehead atoms. The van der Waals surface area contributed by atoms with Gasteiger partial charge in [0.1, 0.15) is 5.78 Å². The quantitative estimate of drug-likeness (QED) is 0.647. The first kappa shape index (κ1) is 12.0. The Morgan fingerprint density at radius 2 is 1.80 bits per heavy atom. The summed E-state index contributed by atoms with van der Waals surface area (Å²) in [6.45, 7) is 3.94. The fraction of sp³-hybridized carbons (Fsp3) is 0.500. The van der Waals surface area contributed by atoms with Crippen LogP contribution in [0.15, 0.2) is 30.3 Å². The molecule has 0 saturated carbocycles. The summed E-state index contributed by atoms with van der Waals surface area (Å²) >= 11 is 0. The zero-order valence-electron chi connectivity index (χ0n) is 9.70. The standard InChI is InChI=1S/C14H20O/c1-12(2)14(15)11-7-6-10-13-8-4-3-5-9-13/h3-5,8-9,12H,6-7,10-11H2,1-2H3. The maximum absolute atomic E-state index is 11.4. The lowest BCUT2D eigenvalue weighted by Gasteiger charge is -2.03. The second-order valence-corrected chi connectivity index (χ2v) is 4.31. The average Bonchev–Trinajstić information content (AvgIpc) is 2.25. The molecule has 0 amide bonds. The van der Waals surface area contributed by atoms with Gasteiger partial charge in [0.05, 0.1) is 0 Å². The van der Waals surface area contributed by atoms with Crippen LogP contribution < -0.4 is 0 Å². The van der Waals surface area contributed by atoms with E-state index in [-0.39, 0.29) is 5.92 Å². The van der Waals surface area contributed by atoms with Gasteiger partial charge in [-0.15, -0.1) is 0 Å². The Hall–Kier alpha value is -1.11. The molecular weight excluding hydrogens is 184 g/mol. The van der Waals surface area contributed by atoms with Gasteiger partial charge >= 0.3 is 0 Å². The molecule has 0 unspecified atom stereocenters. The van der Waals surface area contributed by atoms with Gasteiger partial charge in [-0.2, -0.15) is 0 Å². The zero-order valence-corrected chi connectivity index (χ0v) is 9.70. The highest BCUT2D eigenvalue weighted by Crippen LogP contribution is 2.08. The summed E-state index contributed by atoms with van der Waals surface area (Å²) in [5, 5.41) is 0. The molecule has 15 heavy (non-hydrogen) atoms. The number of ketones is 1. The number of rotatable bonds is 6. The Morgan fingerprint density at radius 1 is 1.13 bits per heavy atom. The van der Waals surface area contributed by atoms with Crippen LogP contribution in [0, 0.1) is 5.92 Å². The van der Waals surface area contributed by atoms with Crippen molar-refractivity contribution in [3.8, 4) is 0 Å². The number of Topliss-reactive ketones (excluding diaryl/α,β-unsaturated/α-hetero) is 1.